The van der Waals surface area contributed by atoms with Crippen molar-refractivity contribution in [1.29, 1.82) is 0 Å². The van der Waals surface area contributed by atoms with Crippen molar-refractivity contribution < 1.29 is 14.6 Å². The van der Waals surface area contributed by atoms with E-state index in [-0.39, 0.29) is 11.4 Å². The van der Waals surface area contributed by atoms with Crippen molar-refractivity contribution in [3.8, 4) is 5.75 Å². The second-order valence-corrected chi connectivity index (χ2v) is 5.27. The normalized spacial score (nSPS) is 12.0. The third-order valence-corrected chi connectivity index (χ3v) is 3.59. The lowest BCUT2D eigenvalue weighted by molar-refractivity contribution is -0.138. The van der Waals surface area contributed by atoms with E-state index < -0.39 is 11.9 Å². The summed E-state index contributed by atoms with van der Waals surface area (Å²) >= 11 is 11.9. The highest BCUT2D eigenvalue weighted by Crippen LogP contribution is 2.30. The fourth-order valence-electron chi connectivity index (χ4n) is 2.07. The van der Waals surface area contributed by atoms with Crippen LogP contribution < -0.4 is 4.74 Å². The van der Waals surface area contributed by atoms with E-state index in [2.05, 4.69) is 4.98 Å². The molecule has 1 unspecified atom stereocenters. The van der Waals surface area contributed by atoms with Gasteiger partial charge in [0, 0.05) is 6.20 Å². The molecule has 1 atom stereocenters. The van der Waals surface area contributed by atoms with E-state index in [1.165, 1.54) is 12.3 Å². The smallest absolute Gasteiger partial charge is 0.312 e. The molecule has 6 heteroatoms. The molecule has 0 aliphatic rings. The summed E-state index contributed by atoms with van der Waals surface area (Å²) in [6.45, 7) is 0. The van der Waals surface area contributed by atoms with Crippen LogP contribution in [0.4, 0.5) is 0 Å². The van der Waals surface area contributed by atoms with Gasteiger partial charge in [-0.25, -0.2) is 0 Å². The molecule has 0 radical (unpaired) electrons. The summed E-state index contributed by atoms with van der Waals surface area (Å²) < 4.78 is 5.24. The third-order valence-electron chi connectivity index (χ3n) is 3.08. The summed E-state index contributed by atoms with van der Waals surface area (Å²) in [5, 5.41) is 10.1. The van der Waals surface area contributed by atoms with Gasteiger partial charge in [0.2, 0.25) is 0 Å². The highest BCUT2D eigenvalue weighted by atomic mass is 35.5. The van der Waals surface area contributed by atoms with E-state index in [1.54, 1.807) is 13.2 Å². The summed E-state index contributed by atoms with van der Waals surface area (Å²) in [6.07, 6.45) is 1.62. The van der Waals surface area contributed by atoms with Gasteiger partial charge in [0.1, 0.15) is 11.7 Å². The number of hydrogen-bond acceptors (Lipinski definition) is 3. The zero-order valence-corrected chi connectivity index (χ0v) is 12.7. The molecule has 1 heterocycles. The quantitative estimate of drug-likeness (QED) is 0.908. The number of pyridine rings is 1. The molecule has 21 heavy (non-hydrogen) atoms. The van der Waals surface area contributed by atoms with Crippen LogP contribution in [0.5, 0.6) is 5.75 Å². The lowest BCUT2D eigenvalue weighted by Gasteiger charge is -2.15. The Kier molecular flexibility index (Phi) is 5.04. The first-order valence-corrected chi connectivity index (χ1v) is 6.94. The molecule has 0 amide bonds. The number of carboxylic acid groups (broad SMARTS) is 1. The van der Waals surface area contributed by atoms with Gasteiger partial charge in [0.15, 0.2) is 0 Å². The maximum Gasteiger partial charge on any atom is 0.312 e. The third kappa shape index (κ3) is 3.65. The van der Waals surface area contributed by atoms with E-state index in [1.807, 2.05) is 18.2 Å². The molecule has 110 valence electrons. The van der Waals surface area contributed by atoms with Crippen LogP contribution in [0.2, 0.25) is 10.0 Å². The average molecular weight is 326 g/mol. The first-order chi connectivity index (χ1) is 10.0. The maximum atomic E-state index is 11.6. The number of rotatable bonds is 5. The topological polar surface area (TPSA) is 59.4 Å². The summed E-state index contributed by atoms with van der Waals surface area (Å²) in [7, 11) is 1.54. The Labute approximate surface area is 132 Å². The molecule has 0 spiro atoms. The Balaban J connectivity index is 2.38. The van der Waals surface area contributed by atoms with E-state index in [9.17, 15) is 9.90 Å². The lowest BCUT2D eigenvalue weighted by atomic mass is 9.95. The lowest BCUT2D eigenvalue weighted by Crippen LogP contribution is -2.16. The van der Waals surface area contributed by atoms with Crippen molar-refractivity contribution in [2.24, 2.45) is 0 Å². The van der Waals surface area contributed by atoms with E-state index in [4.69, 9.17) is 27.9 Å². The van der Waals surface area contributed by atoms with Gasteiger partial charge in [-0.1, -0.05) is 41.4 Å². The molecule has 1 aromatic carbocycles. The van der Waals surface area contributed by atoms with Crippen LogP contribution in [0.1, 0.15) is 17.2 Å². The standard InChI is InChI=1S/C15H13Cl2NO3/c1-21-13-5-3-2-4-9(13)6-11(15(19)20)14-12(17)7-10(16)8-18-14/h2-5,7-8,11H,6H2,1H3,(H,19,20). The van der Waals surface area contributed by atoms with E-state index in [0.717, 1.165) is 5.56 Å². The van der Waals surface area contributed by atoms with Gasteiger partial charge in [-0.15, -0.1) is 0 Å². The summed E-state index contributed by atoms with van der Waals surface area (Å²) in [6, 6.07) is 8.74. The molecule has 0 saturated carbocycles. The summed E-state index contributed by atoms with van der Waals surface area (Å²) in [5.74, 6) is -1.24. The summed E-state index contributed by atoms with van der Waals surface area (Å²) in [4.78, 5) is 15.6. The highest BCUT2D eigenvalue weighted by Gasteiger charge is 2.25. The van der Waals surface area contributed by atoms with Crippen LogP contribution in [-0.4, -0.2) is 23.2 Å². The predicted octanol–water partition coefficient (Wildman–Crippen LogP) is 3.81. The van der Waals surface area contributed by atoms with Crippen LogP contribution >= 0.6 is 23.2 Å². The number of para-hydroxylation sites is 1. The Morgan fingerprint density at radius 2 is 2.10 bits per heavy atom. The zero-order chi connectivity index (χ0) is 15.4. The number of benzene rings is 1. The second kappa shape index (κ2) is 6.78. The van der Waals surface area contributed by atoms with Crippen molar-refractivity contribution in [3.05, 3.63) is 57.8 Å². The fraction of sp³-hybridized carbons (Fsp3) is 0.200. The van der Waals surface area contributed by atoms with Crippen molar-refractivity contribution >= 4 is 29.2 Å². The molecule has 4 nitrogen and oxygen atoms in total. The second-order valence-electron chi connectivity index (χ2n) is 4.43. The maximum absolute atomic E-state index is 11.6. The molecule has 1 aromatic heterocycles. The molecule has 2 aromatic rings. The van der Waals surface area contributed by atoms with Crippen molar-refractivity contribution in [2.45, 2.75) is 12.3 Å². The molecule has 0 aliphatic heterocycles. The number of methoxy groups -OCH3 is 1. The van der Waals surface area contributed by atoms with Crippen LogP contribution in [-0.2, 0) is 11.2 Å². The number of ether oxygens (including phenoxy) is 1. The number of nitrogens with zero attached hydrogens (tertiary/aromatic N) is 1. The first kappa shape index (κ1) is 15.6. The molecule has 2 rings (SSSR count). The minimum absolute atomic E-state index is 0.230. The Hall–Kier alpha value is -1.78. The van der Waals surface area contributed by atoms with E-state index in [0.29, 0.717) is 16.5 Å². The summed E-state index contributed by atoms with van der Waals surface area (Å²) in [5.41, 5.74) is 1.07. The molecule has 0 saturated heterocycles. The minimum atomic E-state index is -1.00. The average Bonchev–Trinajstić information content (AvgIpc) is 2.45. The van der Waals surface area contributed by atoms with Gasteiger partial charge >= 0.3 is 5.97 Å². The Bertz CT molecular complexity index is 661. The number of hydrogen-bond donors (Lipinski definition) is 1. The molecule has 0 fully saturated rings. The number of carboxylic acids is 1. The van der Waals surface area contributed by atoms with Crippen molar-refractivity contribution in [2.75, 3.05) is 7.11 Å². The molecular formula is C15H13Cl2NO3. The van der Waals surface area contributed by atoms with Gasteiger partial charge in [-0.3, -0.25) is 9.78 Å². The van der Waals surface area contributed by atoms with Gasteiger partial charge < -0.3 is 9.84 Å². The van der Waals surface area contributed by atoms with Gasteiger partial charge in [0.05, 0.1) is 22.8 Å². The van der Waals surface area contributed by atoms with Crippen LogP contribution in [0.3, 0.4) is 0 Å². The predicted molar refractivity (Wildman–Crippen MR) is 81.3 cm³/mol. The van der Waals surface area contributed by atoms with Crippen LogP contribution in [0.25, 0.3) is 0 Å². The van der Waals surface area contributed by atoms with Crippen molar-refractivity contribution in [1.82, 2.24) is 4.98 Å². The monoisotopic (exact) mass is 325 g/mol. The Morgan fingerprint density at radius 1 is 1.38 bits per heavy atom. The van der Waals surface area contributed by atoms with E-state index >= 15 is 0 Å². The van der Waals surface area contributed by atoms with Crippen LogP contribution in [0.15, 0.2) is 36.5 Å². The number of carbonyl (C=O) groups is 1. The zero-order valence-electron chi connectivity index (χ0n) is 11.2. The number of aromatic nitrogens is 1. The molecule has 0 aliphatic carbocycles. The SMILES string of the molecule is COc1ccccc1CC(C(=O)O)c1ncc(Cl)cc1Cl. The van der Waals surface area contributed by atoms with Gasteiger partial charge in [-0.2, -0.15) is 0 Å². The molecule has 1 N–H and O–H groups in total. The number of aliphatic carboxylic acids is 1. The molecular weight excluding hydrogens is 313 g/mol. The fourth-order valence-corrected chi connectivity index (χ4v) is 2.59. The Morgan fingerprint density at radius 3 is 2.71 bits per heavy atom. The van der Waals surface area contributed by atoms with Crippen molar-refractivity contribution in [3.63, 3.8) is 0 Å². The molecule has 0 bridgehead atoms. The largest absolute Gasteiger partial charge is 0.496 e. The van der Waals surface area contributed by atoms with Gasteiger partial charge in [-0.05, 0) is 24.1 Å². The highest BCUT2D eigenvalue weighted by molar-refractivity contribution is 6.34. The van der Waals surface area contributed by atoms with Crippen LogP contribution in [0, 0.1) is 0 Å². The number of halogens is 2. The first-order valence-electron chi connectivity index (χ1n) is 6.18. The van der Waals surface area contributed by atoms with Gasteiger partial charge in [0.25, 0.3) is 0 Å². The minimum Gasteiger partial charge on any atom is -0.496 e.